The smallest absolute Gasteiger partial charge is 0.219 e. The number of pyridine rings is 1. The van der Waals surface area contributed by atoms with E-state index >= 15 is 0 Å². The first-order chi connectivity index (χ1) is 9.98. The number of benzene rings is 1. The average Bonchev–Trinajstić information content (AvgIpc) is 2.46. The molecule has 0 atom stereocenters. The van der Waals surface area contributed by atoms with Crippen molar-refractivity contribution in [2.45, 2.75) is 32.9 Å². The van der Waals surface area contributed by atoms with Gasteiger partial charge in [-0.1, -0.05) is 18.2 Å². The number of nitrogens with one attached hydrogen (secondary N) is 1. The first kappa shape index (κ1) is 15.3. The molecule has 0 saturated heterocycles. The van der Waals surface area contributed by atoms with E-state index < -0.39 is 0 Å². The normalized spacial score (nSPS) is 11.2. The molecule has 0 radical (unpaired) electrons. The van der Waals surface area contributed by atoms with Crippen molar-refractivity contribution in [2.75, 3.05) is 7.11 Å². The van der Waals surface area contributed by atoms with Gasteiger partial charge in [-0.15, -0.1) is 0 Å². The Hall–Kier alpha value is -2.07. The Bertz CT molecular complexity index is 574. The maximum Gasteiger partial charge on any atom is 0.219 e. The molecule has 21 heavy (non-hydrogen) atoms. The van der Waals surface area contributed by atoms with Gasteiger partial charge in [0.05, 0.1) is 7.11 Å². The van der Waals surface area contributed by atoms with Gasteiger partial charge in [0.2, 0.25) is 5.88 Å². The summed E-state index contributed by atoms with van der Waals surface area (Å²) in [5, 5.41) is 3.42. The number of ether oxygens (including phenoxy) is 2. The van der Waals surface area contributed by atoms with Crippen molar-refractivity contribution >= 4 is 0 Å². The second-order valence-electron chi connectivity index (χ2n) is 5.86. The molecule has 0 spiro atoms. The van der Waals surface area contributed by atoms with Crippen molar-refractivity contribution in [1.29, 1.82) is 0 Å². The lowest BCUT2D eigenvalue weighted by molar-refractivity contribution is 0.374. The Labute approximate surface area is 126 Å². The molecule has 1 heterocycles. The van der Waals surface area contributed by atoms with Crippen LogP contribution in [0.1, 0.15) is 26.3 Å². The first-order valence-corrected chi connectivity index (χ1v) is 6.99. The van der Waals surface area contributed by atoms with E-state index in [1.165, 1.54) is 0 Å². The molecular formula is C17H22N2O2. The van der Waals surface area contributed by atoms with E-state index in [1.54, 1.807) is 7.11 Å². The fraction of sp³-hybridized carbons (Fsp3) is 0.353. The number of para-hydroxylation sites is 2. The molecule has 4 nitrogen and oxygen atoms in total. The molecule has 0 amide bonds. The molecule has 2 aromatic rings. The van der Waals surface area contributed by atoms with Gasteiger partial charge in [-0.25, -0.2) is 4.98 Å². The third-order valence-corrected chi connectivity index (χ3v) is 2.90. The zero-order valence-electron chi connectivity index (χ0n) is 13.0. The van der Waals surface area contributed by atoms with Crippen molar-refractivity contribution in [1.82, 2.24) is 10.3 Å². The molecule has 1 N–H and O–H groups in total. The fourth-order valence-corrected chi connectivity index (χ4v) is 1.76. The van der Waals surface area contributed by atoms with E-state index in [4.69, 9.17) is 9.47 Å². The minimum absolute atomic E-state index is 0.0899. The Kier molecular flexibility index (Phi) is 4.81. The van der Waals surface area contributed by atoms with Crippen molar-refractivity contribution < 1.29 is 9.47 Å². The van der Waals surface area contributed by atoms with Crippen LogP contribution in [0.25, 0.3) is 0 Å². The number of nitrogens with zero attached hydrogens (tertiary/aromatic N) is 1. The zero-order chi connectivity index (χ0) is 15.3. The predicted octanol–water partition coefficient (Wildman–Crippen LogP) is 3.77. The molecule has 4 heteroatoms. The Morgan fingerprint density at radius 1 is 1.05 bits per heavy atom. The summed E-state index contributed by atoms with van der Waals surface area (Å²) in [4.78, 5) is 4.33. The molecule has 112 valence electrons. The van der Waals surface area contributed by atoms with Gasteiger partial charge in [0.15, 0.2) is 11.5 Å². The van der Waals surface area contributed by atoms with Crippen LogP contribution in [0, 0.1) is 0 Å². The van der Waals surface area contributed by atoms with Crippen molar-refractivity contribution in [2.24, 2.45) is 0 Å². The van der Waals surface area contributed by atoms with Crippen LogP contribution in [-0.2, 0) is 6.54 Å². The van der Waals surface area contributed by atoms with E-state index in [0.717, 1.165) is 12.1 Å². The van der Waals surface area contributed by atoms with Gasteiger partial charge in [-0.2, -0.15) is 0 Å². The maximum atomic E-state index is 5.74. The van der Waals surface area contributed by atoms with Crippen LogP contribution in [0.3, 0.4) is 0 Å². The second kappa shape index (κ2) is 6.59. The minimum Gasteiger partial charge on any atom is -0.493 e. The van der Waals surface area contributed by atoms with Gasteiger partial charge >= 0.3 is 0 Å². The summed E-state index contributed by atoms with van der Waals surface area (Å²) >= 11 is 0. The Morgan fingerprint density at radius 3 is 2.33 bits per heavy atom. The number of hydrogen-bond acceptors (Lipinski definition) is 4. The highest BCUT2D eigenvalue weighted by atomic mass is 16.5. The van der Waals surface area contributed by atoms with Gasteiger partial charge in [0, 0.05) is 24.3 Å². The number of hydrogen-bond donors (Lipinski definition) is 1. The largest absolute Gasteiger partial charge is 0.493 e. The van der Waals surface area contributed by atoms with E-state index in [9.17, 15) is 0 Å². The Morgan fingerprint density at radius 2 is 1.76 bits per heavy atom. The molecule has 0 unspecified atom stereocenters. The maximum absolute atomic E-state index is 5.74. The first-order valence-electron chi connectivity index (χ1n) is 6.99. The highest BCUT2D eigenvalue weighted by Gasteiger charge is 2.09. The summed E-state index contributed by atoms with van der Waals surface area (Å²) in [6.07, 6.45) is 1.82. The van der Waals surface area contributed by atoms with E-state index in [0.29, 0.717) is 17.4 Å². The highest BCUT2D eigenvalue weighted by Crippen LogP contribution is 2.29. The summed E-state index contributed by atoms with van der Waals surface area (Å²) in [6.45, 7) is 7.20. The topological polar surface area (TPSA) is 43.4 Å². The van der Waals surface area contributed by atoms with E-state index in [-0.39, 0.29) is 5.54 Å². The van der Waals surface area contributed by atoms with Crippen molar-refractivity contribution in [3.8, 4) is 17.4 Å². The van der Waals surface area contributed by atoms with Crippen LogP contribution in [-0.4, -0.2) is 17.6 Å². The van der Waals surface area contributed by atoms with Crippen LogP contribution in [0.4, 0.5) is 0 Å². The van der Waals surface area contributed by atoms with Gasteiger partial charge in [0.25, 0.3) is 0 Å². The van der Waals surface area contributed by atoms with Gasteiger partial charge in [0.1, 0.15) is 0 Å². The summed E-state index contributed by atoms with van der Waals surface area (Å²) < 4.78 is 11.0. The third-order valence-electron chi connectivity index (χ3n) is 2.90. The molecule has 1 aromatic heterocycles. The summed E-state index contributed by atoms with van der Waals surface area (Å²) in [6, 6.07) is 11.4. The lowest BCUT2D eigenvalue weighted by atomic mass is 10.1. The van der Waals surface area contributed by atoms with E-state index in [1.807, 2.05) is 42.6 Å². The predicted molar refractivity (Wildman–Crippen MR) is 83.9 cm³/mol. The van der Waals surface area contributed by atoms with Crippen LogP contribution < -0.4 is 14.8 Å². The molecule has 0 fully saturated rings. The van der Waals surface area contributed by atoms with Crippen molar-refractivity contribution in [3.05, 3.63) is 48.2 Å². The number of methoxy groups -OCH3 is 1. The quantitative estimate of drug-likeness (QED) is 0.908. The van der Waals surface area contributed by atoms with Gasteiger partial charge < -0.3 is 14.8 Å². The standard InChI is InChI=1S/C17H22N2O2/c1-17(2,3)19-12-13-9-10-16(18-11-13)21-15-8-6-5-7-14(15)20-4/h5-11,19H,12H2,1-4H3. The molecule has 0 saturated carbocycles. The van der Waals surface area contributed by atoms with Crippen LogP contribution in [0.2, 0.25) is 0 Å². The molecular weight excluding hydrogens is 264 g/mol. The summed E-state index contributed by atoms with van der Waals surface area (Å²) in [7, 11) is 1.62. The molecule has 0 aliphatic rings. The SMILES string of the molecule is COc1ccccc1Oc1ccc(CNC(C)(C)C)cn1. The molecule has 0 aliphatic heterocycles. The highest BCUT2D eigenvalue weighted by molar-refractivity contribution is 5.41. The van der Waals surface area contributed by atoms with Gasteiger partial charge in [-0.05, 0) is 38.5 Å². The summed E-state index contributed by atoms with van der Waals surface area (Å²) in [5.74, 6) is 1.91. The monoisotopic (exact) mass is 286 g/mol. The lowest BCUT2D eigenvalue weighted by Gasteiger charge is -2.20. The fourth-order valence-electron chi connectivity index (χ4n) is 1.76. The number of rotatable bonds is 5. The molecule has 0 aliphatic carbocycles. The molecule has 1 aromatic carbocycles. The van der Waals surface area contributed by atoms with Crippen molar-refractivity contribution in [3.63, 3.8) is 0 Å². The van der Waals surface area contributed by atoms with Crippen LogP contribution in [0.5, 0.6) is 17.4 Å². The van der Waals surface area contributed by atoms with Crippen LogP contribution >= 0.6 is 0 Å². The Balaban J connectivity index is 2.02. The molecule has 0 bridgehead atoms. The molecule has 2 rings (SSSR count). The third kappa shape index (κ3) is 4.76. The average molecular weight is 286 g/mol. The van der Waals surface area contributed by atoms with Gasteiger partial charge in [-0.3, -0.25) is 0 Å². The lowest BCUT2D eigenvalue weighted by Crippen LogP contribution is -2.35. The minimum atomic E-state index is 0.0899. The van der Waals surface area contributed by atoms with E-state index in [2.05, 4.69) is 31.1 Å². The zero-order valence-corrected chi connectivity index (χ0v) is 13.0. The second-order valence-corrected chi connectivity index (χ2v) is 5.86. The van der Waals surface area contributed by atoms with Crippen LogP contribution in [0.15, 0.2) is 42.6 Å². The number of aromatic nitrogens is 1. The summed E-state index contributed by atoms with van der Waals surface area (Å²) in [5.41, 5.74) is 1.21.